The van der Waals surface area contributed by atoms with Gasteiger partial charge >= 0.3 is 0 Å². The molecule has 40 heavy (non-hydrogen) atoms. The molecular formula is C29H33Cl2N3O5S. The van der Waals surface area contributed by atoms with Crippen molar-refractivity contribution in [1.29, 1.82) is 0 Å². The van der Waals surface area contributed by atoms with Crippen molar-refractivity contribution in [1.82, 2.24) is 10.2 Å². The maximum Gasteiger partial charge on any atom is 0.244 e. The van der Waals surface area contributed by atoms with E-state index in [4.69, 9.17) is 27.9 Å². The van der Waals surface area contributed by atoms with Gasteiger partial charge in [-0.2, -0.15) is 0 Å². The number of rotatable bonds is 12. The first-order chi connectivity index (χ1) is 18.9. The van der Waals surface area contributed by atoms with Crippen LogP contribution in [0.2, 0.25) is 10.0 Å². The summed E-state index contributed by atoms with van der Waals surface area (Å²) in [4.78, 5) is 29.0. The summed E-state index contributed by atoms with van der Waals surface area (Å²) in [6, 6.07) is 19.4. The van der Waals surface area contributed by atoms with Gasteiger partial charge in [-0.15, -0.1) is 0 Å². The summed E-state index contributed by atoms with van der Waals surface area (Å²) in [5.74, 6) is -0.523. The van der Waals surface area contributed by atoms with Gasteiger partial charge in [0.15, 0.2) is 0 Å². The third-order valence-electron chi connectivity index (χ3n) is 6.08. The van der Waals surface area contributed by atoms with Crippen LogP contribution in [0.5, 0.6) is 5.75 Å². The van der Waals surface area contributed by atoms with Gasteiger partial charge in [0.2, 0.25) is 21.8 Å². The molecule has 214 valence electrons. The molecule has 0 aromatic heterocycles. The van der Waals surface area contributed by atoms with Crippen LogP contribution in [-0.4, -0.2) is 57.1 Å². The molecule has 0 saturated heterocycles. The summed E-state index contributed by atoms with van der Waals surface area (Å²) in [5.41, 5.74) is 1.65. The summed E-state index contributed by atoms with van der Waals surface area (Å²) < 4.78 is 32.0. The van der Waals surface area contributed by atoms with Crippen LogP contribution in [0.3, 0.4) is 0 Å². The number of hydrogen-bond acceptors (Lipinski definition) is 5. The number of ether oxygens (including phenoxy) is 1. The van der Waals surface area contributed by atoms with Gasteiger partial charge in [-0.25, -0.2) is 8.42 Å². The van der Waals surface area contributed by atoms with E-state index in [0.29, 0.717) is 21.4 Å². The van der Waals surface area contributed by atoms with Crippen LogP contribution in [0, 0.1) is 0 Å². The zero-order chi connectivity index (χ0) is 29.4. The molecule has 8 nitrogen and oxygen atoms in total. The fraction of sp³-hybridized carbons (Fsp3) is 0.310. The Morgan fingerprint density at radius 1 is 0.975 bits per heavy atom. The van der Waals surface area contributed by atoms with E-state index in [2.05, 4.69) is 5.32 Å². The summed E-state index contributed by atoms with van der Waals surface area (Å²) in [6.45, 7) is 3.06. The van der Waals surface area contributed by atoms with Crippen LogP contribution < -0.4 is 14.4 Å². The second-order valence-corrected chi connectivity index (χ2v) is 12.3. The molecular weight excluding hydrogens is 573 g/mol. The first-order valence-corrected chi connectivity index (χ1v) is 15.2. The molecule has 0 aliphatic carbocycles. The van der Waals surface area contributed by atoms with Crippen LogP contribution in [0.4, 0.5) is 5.69 Å². The highest BCUT2D eigenvalue weighted by atomic mass is 35.5. The van der Waals surface area contributed by atoms with E-state index in [-0.39, 0.29) is 30.6 Å². The number of sulfonamides is 1. The molecule has 3 aromatic carbocycles. The van der Waals surface area contributed by atoms with Crippen LogP contribution >= 0.6 is 23.2 Å². The van der Waals surface area contributed by atoms with Gasteiger partial charge in [-0.05, 0) is 49.2 Å². The molecule has 1 atom stereocenters. The molecule has 3 rings (SSSR count). The van der Waals surface area contributed by atoms with Crippen molar-refractivity contribution < 1.29 is 22.7 Å². The highest BCUT2D eigenvalue weighted by molar-refractivity contribution is 7.92. The Morgan fingerprint density at radius 3 is 2.27 bits per heavy atom. The third-order valence-corrected chi connectivity index (χ3v) is 7.81. The average Bonchev–Trinajstić information content (AvgIpc) is 2.89. The molecule has 0 heterocycles. The molecule has 0 aliphatic heterocycles. The van der Waals surface area contributed by atoms with Crippen molar-refractivity contribution in [2.45, 2.75) is 38.9 Å². The topological polar surface area (TPSA) is 96.0 Å². The Bertz CT molecular complexity index is 1430. The second kappa shape index (κ2) is 13.9. The minimum absolute atomic E-state index is 0.0481. The molecule has 2 amide bonds. The smallest absolute Gasteiger partial charge is 0.244 e. The van der Waals surface area contributed by atoms with Crippen LogP contribution in [-0.2, 0) is 32.6 Å². The lowest BCUT2D eigenvalue weighted by Crippen LogP contribution is -2.54. The fourth-order valence-electron chi connectivity index (χ4n) is 4.15. The summed E-state index contributed by atoms with van der Waals surface area (Å²) in [6.07, 6.45) is 1.22. The normalized spacial score (nSPS) is 12.1. The van der Waals surface area contributed by atoms with Gasteiger partial charge in [0.05, 0.1) is 19.1 Å². The summed E-state index contributed by atoms with van der Waals surface area (Å²) in [5, 5.41) is 3.65. The largest absolute Gasteiger partial charge is 0.497 e. The molecule has 1 unspecified atom stereocenters. The monoisotopic (exact) mass is 605 g/mol. The quantitative estimate of drug-likeness (QED) is 0.316. The van der Waals surface area contributed by atoms with Crippen molar-refractivity contribution in [3.05, 3.63) is 94.0 Å². The van der Waals surface area contributed by atoms with Gasteiger partial charge in [-0.3, -0.25) is 13.9 Å². The summed E-state index contributed by atoms with van der Waals surface area (Å²) in [7, 11) is -2.43. The number of nitrogens with zero attached hydrogens (tertiary/aromatic N) is 2. The fourth-order valence-corrected chi connectivity index (χ4v) is 5.46. The molecule has 11 heteroatoms. The van der Waals surface area contributed by atoms with Crippen LogP contribution in [0.25, 0.3) is 0 Å². The lowest BCUT2D eigenvalue weighted by molar-refractivity contribution is -0.140. The predicted octanol–water partition coefficient (Wildman–Crippen LogP) is 4.93. The standard InChI is InChI=1S/C29H33Cl2N3O5S/c1-20(2)32-29(36)27(15-21-9-6-5-7-10-21)33(18-22-13-14-23(30)16-26(22)31)28(35)19-34(40(4,37)38)24-11-8-12-25(17-24)39-3/h5-14,16-17,20,27H,15,18-19H2,1-4H3,(H,32,36). The maximum absolute atomic E-state index is 14.1. The van der Waals surface area contributed by atoms with Crippen LogP contribution in [0.1, 0.15) is 25.0 Å². The minimum Gasteiger partial charge on any atom is -0.497 e. The number of anilines is 1. The predicted molar refractivity (Wildman–Crippen MR) is 159 cm³/mol. The zero-order valence-electron chi connectivity index (χ0n) is 22.8. The molecule has 0 spiro atoms. The van der Waals surface area contributed by atoms with E-state index in [1.807, 2.05) is 44.2 Å². The molecule has 0 saturated carbocycles. The van der Waals surface area contributed by atoms with Gasteiger partial charge in [-0.1, -0.05) is 65.7 Å². The number of carbonyl (C=O) groups is 2. The van der Waals surface area contributed by atoms with E-state index in [1.54, 1.807) is 36.4 Å². The Hall–Kier alpha value is -3.27. The first-order valence-electron chi connectivity index (χ1n) is 12.6. The van der Waals surface area contributed by atoms with E-state index >= 15 is 0 Å². The molecule has 0 radical (unpaired) electrons. The number of amides is 2. The molecule has 3 aromatic rings. The van der Waals surface area contributed by atoms with Crippen molar-refractivity contribution in [2.75, 3.05) is 24.2 Å². The maximum atomic E-state index is 14.1. The van der Waals surface area contributed by atoms with E-state index in [0.717, 1.165) is 16.1 Å². The number of hydrogen-bond donors (Lipinski definition) is 1. The van der Waals surface area contributed by atoms with Gasteiger partial charge in [0, 0.05) is 35.1 Å². The highest BCUT2D eigenvalue weighted by Gasteiger charge is 2.33. The van der Waals surface area contributed by atoms with Crippen LogP contribution in [0.15, 0.2) is 72.8 Å². The second-order valence-electron chi connectivity index (χ2n) is 9.60. The lowest BCUT2D eigenvalue weighted by Gasteiger charge is -2.34. The third kappa shape index (κ3) is 8.61. The van der Waals surface area contributed by atoms with Crippen molar-refractivity contribution in [2.24, 2.45) is 0 Å². The Labute approximate surface area is 245 Å². The number of nitrogens with one attached hydrogen (secondary N) is 1. The Balaban J connectivity index is 2.09. The van der Waals surface area contributed by atoms with Gasteiger partial charge in [0.25, 0.3) is 0 Å². The summed E-state index contributed by atoms with van der Waals surface area (Å²) >= 11 is 12.6. The number of benzene rings is 3. The Morgan fingerprint density at radius 2 is 1.68 bits per heavy atom. The average molecular weight is 607 g/mol. The molecule has 0 fully saturated rings. The van der Waals surface area contributed by atoms with Crippen molar-refractivity contribution in [3.8, 4) is 5.75 Å². The number of halogens is 2. The lowest BCUT2D eigenvalue weighted by atomic mass is 10.0. The van der Waals surface area contributed by atoms with Gasteiger partial charge < -0.3 is 15.0 Å². The Kier molecular flexibility index (Phi) is 10.8. The van der Waals surface area contributed by atoms with Gasteiger partial charge in [0.1, 0.15) is 18.3 Å². The number of methoxy groups -OCH3 is 1. The molecule has 0 aliphatic rings. The molecule has 0 bridgehead atoms. The zero-order valence-corrected chi connectivity index (χ0v) is 25.1. The molecule has 1 N–H and O–H groups in total. The SMILES string of the molecule is COc1cccc(N(CC(=O)N(Cc2ccc(Cl)cc2Cl)C(Cc2ccccc2)C(=O)NC(C)C)S(C)(=O)=O)c1. The van der Waals surface area contributed by atoms with E-state index in [9.17, 15) is 18.0 Å². The highest BCUT2D eigenvalue weighted by Crippen LogP contribution is 2.26. The first kappa shape index (κ1) is 31.3. The van der Waals surface area contributed by atoms with E-state index < -0.39 is 28.5 Å². The minimum atomic E-state index is -3.90. The van der Waals surface area contributed by atoms with Crippen molar-refractivity contribution >= 4 is 50.7 Å². The number of carbonyl (C=O) groups excluding carboxylic acids is 2. The van der Waals surface area contributed by atoms with Crippen molar-refractivity contribution in [3.63, 3.8) is 0 Å². The van der Waals surface area contributed by atoms with E-state index in [1.165, 1.54) is 18.1 Å².